The quantitative estimate of drug-likeness (QED) is 0.516. The Balaban J connectivity index is 1.98. The molecule has 0 bridgehead atoms. The van der Waals surface area contributed by atoms with Crippen LogP contribution >= 0.6 is 0 Å². The maximum absolute atomic E-state index is 5.84. The lowest BCUT2D eigenvalue weighted by atomic mass is 10.1. The van der Waals surface area contributed by atoms with E-state index in [-0.39, 0.29) is 0 Å². The van der Waals surface area contributed by atoms with Crippen LogP contribution in [0.3, 0.4) is 0 Å². The fourth-order valence-corrected chi connectivity index (χ4v) is 1.78. The Hall–Kier alpha value is -2.29. The number of hydrogen-bond acceptors (Lipinski definition) is 3. The van der Waals surface area contributed by atoms with Gasteiger partial charge in [-0.05, 0) is 48.2 Å². The van der Waals surface area contributed by atoms with Gasteiger partial charge < -0.3 is 10.6 Å². The fraction of sp³-hybridized carbons (Fsp3) is 0.188. The zero-order chi connectivity index (χ0) is 13.7. The smallest absolute Gasteiger partial charge is 0.142 e. The van der Waals surface area contributed by atoms with Gasteiger partial charge >= 0.3 is 0 Å². The third-order valence-corrected chi connectivity index (χ3v) is 3.00. The maximum atomic E-state index is 5.84. The Morgan fingerprint density at radius 3 is 2.58 bits per heavy atom. The first kappa shape index (κ1) is 13.1. The molecular weight excluding hydrogens is 236 g/mol. The normalized spacial score (nSPS) is 10.8. The first-order chi connectivity index (χ1) is 9.16. The average molecular weight is 254 g/mol. The van der Waals surface area contributed by atoms with Crippen molar-refractivity contribution in [1.82, 2.24) is 0 Å². The zero-order valence-corrected chi connectivity index (χ0v) is 11.3. The third-order valence-electron chi connectivity index (χ3n) is 3.00. The molecule has 0 saturated carbocycles. The van der Waals surface area contributed by atoms with E-state index in [4.69, 9.17) is 10.6 Å². The number of rotatable bonds is 4. The van der Waals surface area contributed by atoms with Crippen LogP contribution in [0.25, 0.3) is 0 Å². The summed E-state index contributed by atoms with van der Waals surface area (Å²) in [5.74, 6) is 0. The maximum Gasteiger partial charge on any atom is 0.142 e. The standard InChI is InChI=1S/C16H18N2O/c1-12-9-16(17)13(2)8-15(12)10-18-19-11-14-6-4-3-5-7-14/h3-10H,11,17H2,1-2H3. The Bertz CT molecular complexity index is 577. The predicted molar refractivity (Wildman–Crippen MR) is 79.2 cm³/mol. The SMILES string of the molecule is Cc1cc(C=NOCc2ccccc2)c(C)cc1N. The van der Waals surface area contributed by atoms with E-state index in [2.05, 4.69) is 5.16 Å². The monoisotopic (exact) mass is 254 g/mol. The van der Waals surface area contributed by atoms with Crippen LogP contribution < -0.4 is 5.73 Å². The van der Waals surface area contributed by atoms with E-state index in [1.807, 2.05) is 56.3 Å². The third kappa shape index (κ3) is 3.58. The highest BCUT2D eigenvalue weighted by Crippen LogP contribution is 2.16. The molecule has 3 heteroatoms. The van der Waals surface area contributed by atoms with E-state index < -0.39 is 0 Å². The molecule has 0 amide bonds. The molecule has 0 aliphatic rings. The summed E-state index contributed by atoms with van der Waals surface area (Å²) in [6.07, 6.45) is 1.73. The van der Waals surface area contributed by atoms with Crippen LogP contribution in [-0.4, -0.2) is 6.21 Å². The van der Waals surface area contributed by atoms with E-state index in [0.29, 0.717) is 6.61 Å². The molecule has 98 valence electrons. The Kier molecular flexibility index (Phi) is 4.18. The van der Waals surface area contributed by atoms with Gasteiger partial charge in [-0.3, -0.25) is 0 Å². The highest BCUT2D eigenvalue weighted by molar-refractivity contribution is 5.82. The van der Waals surface area contributed by atoms with Crippen molar-refractivity contribution in [2.24, 2.45) is 5.16 Å². The first-order valence-corrected chi connectivity index (χ1v) is 6.23. The topological polar surface area (TPSA) is 47.6 Å². The van der Waals surface area contributed by atoms with Crippen molar-refractivity contribution in [3.05, 3.63) is 64.7 Å². The molecule has 0 atom stereocenters. The summed E-state index contributed by atoms with van der Waals surface area (Å²) in [4.78, 5) is 5.29. The van der Waals surface area contributed by atoms with Gasteiger partial charge in [0.05, 0.1) is 6.21 Å². The van der Waals surface area contributed by atoms with Crippen LogP contribution in [0.5, 0.6) is 0 Å². The van der Waals surface area contributed by atoms with E-state index in [1.165, 1.54) is 0 Å². The molecular formula is C16H18N2O. The molecule has 19 heavy (non-hydrogen) atoms. The molecule has 0 aromatic heterocycles. The molecule has 0 unspecified atom stereocenters. The number of anilines is 1. The number of nitrogens with zero attached hydrogens (tertiary/aromatic N) is 1. The fourth-order valence-electron chi connectivity index (χ4n) is 1.78. The summed E-state index contributed by atoms with van der Waals surface area (Å²) in [6, 6.07) is 13.9. The highest BCUT2D eigenvalue weighted by Gasteiger charge is 2.00. The molecule has 0 aliphatic heterocycles. The van der Waals surface area contributed by atoms with Crippen molar-refractivity contribution in [3.8, 4) is 0 Å². The van der Waals surface area contributed by atoms with Gasteiger partial charge in [0.2, 0.25) is 0 Å². The minimum atomic E-state index is 0.477. The van der Waals surface area contributed by atoms with Crippen molar-refractivity contribution >= 4 is 11.9 Å². The molecule has 2 rings (SSSR count). The van der Waals surface area contributed by atoms with Crippen LogP contribution in [0.15, 0.2) is 47.6 Å². The number of benzene rings is 2. The molecule has 0 spiro atoms. The predicted octanol–water partition coefficient (Wildman–Crippen LogP) is 3.44. The molecule has 2 aromatic carbocycles. The highest BCUT2D eigenvalue weighted by atomic mass is 16.6. The molecule has 3 nitrogen and oxygen atoms in total. The molecule has 0 radical (unpaired) electrons. The molecule has 2 aromatic rings. The van der Waals surface area contributed by atoms with Gasteiger partial charge in [-0.25, -0.2) is 0 Å². The minimum absolute atomic E-state index is 0.477. The van der Waals surface area contributed by atoms with Crippen molar-refractivity contribution in [2.75, 3.05) is 5.73 Å². The number of aryl methyl sites for hydroxylation is 2. The molecule has 0 fully saturated rings. The van der Waals surface area contributed by atoms with Gasteiger partial charge in [-0.15, -0.1) is 0 Å². The van der Waals surface area contributed by atoms with E-state index in [9.17, 15) is 0 Å². The number of nitrogens with two attached hydrogens (primary N) is 1. The van der Waals surface area contributed by atoms with Crippen molar-refractivity contribution in [3.63, 3.8) is 0 Å². The van der Waals surface area contributed by atoms with Gasteiger partial charge in [0, 0.05) is 5.69 Å². The van der Waals surface area contributed by atoms with Crippen molar-refractivity contribution in [2.45, 2.75) is 20.5 Å². The van der Waals surface area contributed by atoms with Gasteiger partial charge in [-0.1, -0.05) is 35.5 Å². The number of oxime groups is 1. The van der Waals surface area contributed by atoms with E-state index in [0.717, 1.165) is 27.9 Å². The van der Waals surface area contributed by atoms with Crippen LogP contribution in [-0.2, 0) is 11.4 Å². The second kappa shape index (κ2) is 6.05. The second-order valence-electron chi connectivity index (χ2n) is 4.56. The summed E-state index contributed by atoms with van der Waals surface area (Å²) >= 11 is 0. The first-order valence-electron chi connectivity index (χ1n) is 6.23. The van der Waals surface area contributed by atoms with Gasteiger partial charge in [0.15, 0.2) is 0 Å². The Morgan fingerprint density at radius 1 is 1.11 bits per heavy atom. The Labute approximate surface area is 113 Å². The molecule has 0 heterocycles. The summed E-state index contributed by atoms with van der Waals surface area (Å²) in [5, 5.41) is 4.00. The van der Waals surface area contributed by atoms with Crippen LogP contribution in [0.2, 0.25) is 0 Å². The number of hydrogen-bond donors (Lipinski definition) is 1. The minimum Gasteiger partial charge on any atom is -0.399 e. The molecule has 2 N–H and O–H groups in total. The summed E-state index contributed by atoms with van der Waals surface area (Å²) in [6.45, 7) is 4.47. The second-order valence-corrected chi connectivity index (χ2v) is 4.56. The van der Waals surface area contributed by atoms with E-state index in [1.54, 1.807) is 6.21 Å². The van der Waals surface area contributed by atoms with Crippen LogP contribution in [0.4, 0.5) is 5.69 Å². The summed E-state index contributed by atoms with van der Waals surface area (Å²) in [7, 11) is 0. The average Bonchev–Trinajstić information content (AvgIpc) is 2.41. The lowest BCUT2D eigenvalue weighted by molar-refractivity contribution is 0.132. The number of nitrogen functional groups attached to an aromatic ring is 1. The largest absolute Gasteiger partial charge is 0.399 e. The lowest BCUT2D eigenvalue weighted by Gasteiger charge is -2.05. The van der Waals surface area contributed by atoms with Crippen LogP contribution in [0.1, 0.15) is 22.3 Å². The lowest BCUT2D eigenvalue weighted by Crippen LogP contribution is -1.95. The van der Waals surface area contributed by atoms with Crippen molar-refractivity contribution in [1.29, 1.82) is 0 Å². The molecule has 0 saturated heterocycles. The Morgan fingerprint density at radius 2 is 1.84 bits per heavy atom. The zero-order valence-electron chi connectivity index (χ0n) is 11.3. The van der Waals surface area contributed by atoms with Crippen molar-refractivity contribution < 1.29 is 4.84 Å². The van der Waals surface area contributed by atoms with Crippen LogP contribution in [0, 0.1) is 13.8 Å². The summed E-state index contributed by atoms with van der Waals surface area (Å²) in [5.41, 5.74) is 10.9. The van der Waals surface area contributed by atoms with Gasteiger partial charge in [-0.2, -0.15) is 0 Å². The summed E-state index contributed by atoms with van der Waals surface area (Å²) < 4.78 is 0. The van der Waals surface area contributed by atoms with Gasteiger partial charge in [0.25, 0.3) is 0 Å². The van der Waals surface area contributed by atoms with E-state index >= 15 is 0 Å². The molecule has 0 aliphatic carbocycles. The van der Waals surface area contributed by atoms with Gasteiger partial charge in [0.1, 0.15) is 6.61 Å².